The van der Waals surface area contributed by atoms with Crippen molar-refractivity contribution in [3.63, 3.8) is 0 Å². The van der Waals surface area contributed by atoms with Gasteiger partial charge in [0.25, 0.3) is 5.91 Å². The number of hydrogen-bond acceptors (Lipinski definition) is 4. The van der Waals surface area contributed by atoms with Crippen LogP contribution in [-0.4, -0.2) is 49.5 Å². The zero-order valence-corrected chi connectivity index (χ0v) is 17.6. The zero-order chi connectivity index (χ0) is 21.8. The summed E-state index contributed by atoms with van der Waals surface area (Å²) in [5.74, 6) is 0.0997. The lowest BCUT2D eigenvalue weighted by Crippen LogP contribution is -2.44. The second-order valence-electron chi connectivity index (χ2n) is 8.53. The summed E-state index contributed by atoms with van der Waals surface area (Å²) < 4.78 is 18.4. The Morgan fingerprint density at radius 3 is 2.61 bits per heavy atom. The van der Waals surface area contributed by atoms with Gasteiger partial charge < -0.3 is 15.4 Å². The summed E-state index contributed by atoms with van der Waals surface area (Å²) in [6.45, 7) is 2.20. The number of carbonyl (C=O) groups excluding carboxylic acids is 2. The average molecular weight is 426 g/mol. The molecule has 0 bridgehead atoms. The summed E-state index contributed by atoms with van der Waals surface area (Å²) in [5.41, 5.74) is 0.747. The lowest BCUT2D eigenvalue weighted by atomic mass is 9.80. The number of rotatable bonds is 7. The van der Waals surface area contributed by atoms with Gasteiger partial charge in [0, 0.05) is 32.7 Å². The SMILES string of the molecule is CNC(=O)[C@]12C[C@@H](NC(=O)COc3ccc(F)cc3)C[C@H]1CN(Cc1ccccc1)C2. The van der Waals surface area contributed by atoms with Gasteiger partial charge >= 0.3 is 0 Å². The number of nitrogens with one attached hydrogen (secondary N) is 2. The maximum atomic E-state index is 13.0. The van der Waals surface area contributed by atoms with Gasteiger partial charge in [-0.15, -0.1) is 0 Å². The van der Waals surface area contributed by atoms with Gasteiger partial charge in [0.2, 0.25) is 5.91 Å². The molecule has 1 saturated carbocycles. The largest absolute Gasteiger partial charge is 0.484 e. The van der Waals surface area contributed by atoms with Crippen molar-refractivity contribution in [1.29, 1.82) is 0 Å². The summed E-state index contributed by atoms with van der Waals surface area (Å²) in [6.07, 6.45) is 1.38. The van der Waals surface area contributed by atoms with E-state index < -0.39 is 5.41 Å². The molecule has 1 heterocycles. The van der Waals surface area contributed by atoms with Crippen LogP contribution in [0.4, 0.5) is 4.39 Å². The van der Waals surface area contributed by atoms with Gasteiger partial charge in [-0.3, -0.25) is 14.5 Å². The predicted octanol–water partition coefficient (Wildman–Crippen LogP) is 2.35. The van der Waals surface area contributed by atoms with Gasteiger partial charge in [-0.05, 0) is 48.6 Å². The third-order valence-corrected chi connectivity index (χ3v) is 6.42. The van der Waals surface area contributed by atoms with Crippen molar-refractivity contribution in [2.24, 2.45) is 11.3 Å². The van der Waals surface area contributed by atoms with E-state index in [0.717, 1.165) is 19.5 Å². The topological polar surface area (TPSA) is 70.7 Å². The highest BCUT2D eigenvalue weighted by Crippen LogP contribution is 2.49. The van der Waals surface area contributed by atoms with Crippen molar-refractivity contribution in [1.82, 2.24) is 15.5 Å². The minimum Gasteiger partial charge on any atom is -0.484 e. The van der Waals surface area contributed by atoms with Crippen molar-refractivity contribution < 1.29 is 18.7 Å². The Morgan fingerprint density at radius 1 is 1.16 bits per heavy atom. The Kier molecular flexibility index (Phi) is 6.23. The Balaban J connectivity index is 1.34. The smallest absolute Gasteiger partial charge is 0.258 e. The third kappa shape index (κ3) is 4.71. The van der Waals surface area contributed by atoms with E-state index in [0.29, 0.717) is 18.7 Å². The van der Waals surface area contributed by atoms with E-state index >= 15 is 0 Å². The summed E-state index contributed by atoms with van der Waals surface area (Å²) in [5, 5.41) is 5.87. The molecule has 6 nitrogen and oxygen atoms in total. The van der Waals surface area contributed by atoms with Crippen LogP contribution >= 0.6 is 0 Å². The molecule has 4 rings (SSSR count). The number of ether oxygens (including phenoxy) is 1. The molecule has 2 aromatic rings. The number of benzene rings is 2. The normalized spacial score (nSPS) is 25.1. The first-order chi connectivity index (χ1) is 15.0. The van der Waals surface area contributed by atoms with E-state index in [1.165, 1.54) is 29.8 Å². The minimum absolute atomic E-state index is 0.0485. The van der Waals surface area contributed by atoms with E-state index in [9.17, 15) is 14.0 Å². The fraction of sp³-hybridized carbons (Fsp3) is 0.417. The number of fused-ring (bicyclic) bond motifs is 1. The molecule has 1 aliphatic heterocycles. The van der Waals surface area contributed by atoms with Crippen molar-refractivity contribution in [2.75, 3.05) is 26.7 Å². The minimum atomic E-state index is -0.487. The molecule has 164 valence electrons. The van der Waals surface area contributed by atoms with Gasteiger partial charge in [-0.25, -0.2) is 4.39 Å². The quantitative estimate of drug-likeness (QED) is 0.715. The first kappa shape index (κ1) is 21.3. The van der Waals surface area contributed by atoms with Crippen LogP contribution in [0.15, 0.2) is 54.6 Å². The lowest BCUT2D eigenvalue weighted by Gasteiger charge is -2.27. The van der Waals surface area contributed by atoms with E-state index in [4.69, 9.17) is 4.74 Å². The van der Waals surface area contributed by atoms with Crippen molar-refractivity contribution in [2.45, 2.75) is 25.4 Å². The molecule has 0 unspecified atom stereocenters. The van der Waals surface area contributed by atoms with Crippen LogP contribution in [0, 0.1) is 17.2 Å². The monoisotopic (exact) mass is 425 g/mol. The van der Waals surface area contributed by atoms with Crippen LogP contribution in [0.3, 0.4) is 0 Å². The Bertz CT molecular complexity index is 921. The van der Waals surface area contributed by atoms with Crippen molar-refractivity contribution >= 4 is 11.8 Å². The Labute approximate surface area is 181 Å². The molecular weight excluding hydrogens is 397 g/mol. The fourth-order valence-electron chi connectivity index (χ4n) is 5.10. The number of hydrogen-bond donors (Lipinski definition) is 2. The van der Waals surface area contributed by atoms with Crippen molar-refractivity contribution in [3.8, 4) is 5.75 Å². The van der Waals surface area contributed by atoms with E-state index in [1.54, 1.807) is 7.05 Å². The molecular formula is C24H28FN3O3. The summed E-state index contributed by atoms with van der Waals surface area (Å²) in [4.78, 5) is 27.6. The number of nitrogens with zero attached hydrogens (tertiary/aromatic N) is 1. The van der Waals surface area contributed by atoms with Crippen LogP contribution in [0.25, 0.3) is 0 Å². The highest BCUT2D eigenvalue weighted by molar-refractivity contribution is 5.84. The highest BCUT2D eigenvalue weighted by atomic mass is 19.1. The van der Waals surface area contributed by atoms with Gasteiger partial charge in [0.15, 0.2) is 6.61 Å². The molecule has 2 amide bonds. The summed E-state index contributed by atoms with van der Waals surface area (Å²) in [7, 11) is 1.68. The molecule has 0 spiro atoms. The van der Waals surface area contributed by atoms with Crippen LogP contribution in [0.5, 0.6) is 5.75 Å². The molecule has 2 N–H and O–H groups in total. The van der Waals surface area contributed by atoms with Crippen LogP contribution < -0.4 is 15.4 Å². The maximum Gasteiger partial charge on any atom is 0.258 e. The van der Waals surface area contributed by atoms with Gasteiger partial charge in [0.1, 0.15) is 11.6 Å². The maximum absolute atomic E-state index is 13.0. The lowest BCUT2D eigenvalue weighted by molar-refractivity contribution is -0.131. The molecule has 2 aromatic carbocycles. The van der Waals surface area contributed by atoms with Crippen molar-refractivity contribution in [3.05, 3.63) is 66.0 Å². The highest BCUT2D eigenvalue weighted by Gasteiger charge is 2.57. The molecule has 3 atom stereocenters. The number of halogens is 1. The second kappa shape index (κ2) is 9.06. The van der Waals surface area contributed by atoms with E-state index in [2.05, 4.69) is 27.7 Å². The molecule has 1 saturated heterocycles. The second-order valence-corrected chi connectivity index (χ2v) is 8.53. The third-order valence-electron chi connectivity index (χ3n) is 6.42. The van der Waals surface area contributed by atoms with Gasteiger partial charge in [0.05, 0.1) is 5.41 Å². The van der Waals surface area contributed by atoms with E-state index in [-0.39, 0.29) is 36.2 Å². The average Bonchev–Trinajstić information content (AvgIpc) is 3.27. The molecule has 2 aliphatic rings. The van der Waals surface area contributed by atoms with Crippen LogP contribution in [-0.2, 0) is 16.1 Å². The molecule has 2 fully saturated rings. The molecule has 1 aliphatic carbocycles. The molecule has 0 radical (unpaired) electrons. The molecule has 31 heavy (non-hydrogen) atoms. The number of carbonyl (C=O) groups is 2. The van der Waals surface area contributed by atoms with Gasteiger partial charge in [-0.2, -0.15) is 0 Å². The summed E-state index contributed by atoms with van der Waals surface area (Å²) in [6, 6.07) is 15.8. The summed E-state index contributed by atoms with van der Waals surface area (Å²) >= 11 is 0. The fourth-order valence-corrected chi connectivity index (χ4v) is 5.10. The standard InChI is InChI=1S/C24H28FN3O3/c1-26-23(30)24-12-20(27-22(29)15-31-21-9-7-19(25)8-10-21)11-18(24)14-28(16-24)13-17-5-3-2-4-6-17/h2-10,18,20H,11-16H2,1H3,(H,26,30)(H,27,29)/t18-,20-,24-/m0/s1. The zero-order valence-electron chi connectivity index (χ0n) is 17.6. The molecule has 0 aromatic heterocycles. The Morgan fingerprint density at radius 2 is 1.90 bits per heavy atom. The molecule has 7 heteroatoms. The Hall–Kier alpha value is -2.93. The van der Waals surface area contributed by atoms with Crippen LogP contribution in [0.1, 0.15) is 18.4 Å². The number of amides is 2. The first-order valence-corrected chi connectivity index (χ1v) is 10.6. The van der Waals surface area contributed by atoms with Gasteiger partial charge in [-0.1, -0.05) is 30.3 Å². The number of likely N-dealkylation sites (tertiary alicyclic amines) is 1. The predicted molar refractivity (Wildman–Crippen MR) is 115 cm³/mol. The first-order valence-electron chi connectivity index (χ1n) is 10.6. The van der Waals surface area contributed by atoms with Crippen LogP contribution in [0.2, 0.25) is 0 Å². The van der Waals surface area contributed by atoms with E-state index in [1.807, 2.05) is 18.2 Å².